The second-order valence-corrected chi connectivity index (χ2v) is 4.85. The number of benzene rings is 1. The van der Waals surface area contributed by atoms with Gasteiger partial charge in [-0.25, -0.2) is 0 Å². The molecule has 0 amide bonds. The van der Waals surface area contributed by atoms with Crippen molar-refractivity contribution in [2.24, 2.45) is 5.92 Å². The predicted molar refractivity (Wildman–Crippen MR) is 74.3 cm³/mol. The zero-order valence-corrected chi connectivity index (χ0v) is 10.8. The highest BCUT2D eigenvalue weighted by Gasteiger charge is 2.36. The molecule has 18 heavy (non-hydrogen) atoms. The van der Waals surface area contributed by atoms with Crippen molar-refractivity contribution in [2.45, 2.75) is 20.3 Å². The van der Waals surface area contributed by atoms with Crippen LogP contribution in [0.4, 0.5) is 5.69 Å². The second kappa shape index (κ2) is 4.05. The molecule has 0 bridgehead atoms. The van der Waals surface area contributed by atoms with E-state index >= 15 is 0 Å². The van der Waals surface area contributed by atoms with Crippen LogP contribution in [0, 0.1) is 5.92 Å². The molecule has 2 aliphatic rings. The highest BCUT2D eigenvalue weighted by atomic mass is 16.5. The highest BCUT2D eigenvalue weighted by molar-refractivity contribution is 5.71. The molecule has 0 N–H and O–H groups in total. The molecule has 0 spiro atoms. The summed E-state index contributed by atoms with van der Waals surface area (Å²) in [6.45, 7) is 8.10. The van der Waals surface area contributed by atoms with E-state index in [4.69, 9.17) is 4.74 Å². The number of para-hydroxylation sites is 2. The molecule has 1 aromatic carbocycles. The molecule has 0 radical (unpaired) electrons. The number of fused-ring (bicyclic) bond motifs is 3. The minimum Gasteiger partial charge on any atom is -0.458 e. The van der Waals surface area contributed by atoms with Crippen molar-refractivity contribution in [3.8, 4) is 5.75 Å². The molecule has 1 saturated heterocycles. The number of nitrogens with zero attached hydrogens (tertiary/aromatic N) is 1. The monoisotopic (exact) mass is 239 g/mol. The Morgan fingerprint density at radius 1 is 1.39 bits per heavy atom. The zero-order valence-electron chi connectivity index (χ0n) is 10.8. The normalized spacial score (nSPS) is 23.8. The highest BCUT2D eigenvalue weighted by Crippen LogP contribution is 2.48. The van der Waals surface area contributed by atoms with Crippen LogP contribution in [0.25, 0.3) is 0 Å². The van der Waals surface area contributed by atoms with E-state index in [1.165, 1.54) is 11.4 Å². The average molecular weight is 239 g/mol. The summed E-state index contributed by atoms with van der Waals surface area (Å²) in [6.07, 6.45) is 4.99. The Labute approximate surface area is 108 Å². The summed E-state index contributed by atoms with van der Waals surface area (Å²) >= 11 is 0. The van der Waals surface area contributed by atoms with Gasteiger partial charge in [0.15, 0.2) is 5.75 Å². The van der Waals surface area contributed by atoms with Gasteiger partial charge in [0.2, 0.25) is 0 Å². The van der Waals surface area contributed by atoms with Gasteiger partial charge in [-0.3, -0.25) is 0 Å². The summed E-state index contributed by atoms with van der Waals surface area (Å²) in [5.41, 5.74) is 3.71. The summed E-state index contributed by atoms with van der Waals surface area (Å²) in [6, 6.07) is 8.18. The molecule has 1 aromatic rings. The van der Waals surface area contributed by atoms with E-state index in [0.29, 0.717) is 5.92 Å². The summed E-state index contributed by atoms with van der Waals surface area (Å²) in [5, 5.41) is 0. The fraction of sp³-hybridized carbons (Fsp3) is 0.250. The SMILES string of the molecule is C=C/C=C1\CC(C)C2=C(C)Oc3ccccc3N21. The lowest BCUT2D eigenvalue weighted by molar-refractivity contribution is 0.404. The fourth-order valence-corrected chi connectivity index (χ4v) is 2.89. The summed E-state index contributed by atoms with van der Waals surface area (Å²) in [7, 11) is 0. The van der Waals surface area contributed by atoms with E-state index < -0.39 is 0 Å². The Hall–Kier alpha value is -1.96. The molecular weight excluding hydrogens is 222 g/mol. The van der Waals surface area contributed by atoms with Crippen molar-refractivity contribution in [3.05, 3.63) is 60.1 Å². The number of allylic oxidation sites excluding steroid dienone is 5. The quantitative estimate of drug-likeness (QED) is 0.727. The summed E-state index contributed by atoms with van der Waals surface area (Å²) in [4.78, 5) is 2.32. The molecule has 2 heterocycles. The van der Waals surface area contributed by atoms with Crippen LogP contribution in [-0.2, 0) is 0 Å². The van der Waals surface area contributed by atoms with Gasteiger partial charge in [0, 0.05) is 11.6 Å². The maximum Gasteiger partial charge on any atom is 0.150 e. The molecule has 1 unspecified atom stereocenters. The molecule has 0 aliphatic carbocycles. The summed E-state index contributed by atoms with van der Waals surface area (Å²) in [5.74, 6) is 2.43. The van der Waals surface area contributed by atoms with E-state index in [-0.39, 0.29) is 0 Å². The molecule has 1 fully saturated rings. The first kappa shape index (κ1) is 11.1. The van der Waals surface area contributed by atoms with Crippen LogP contribution in [-0.4, -0.2) is 0 Å². The molecule has 1 atom stereocenters. The lowest BCUT2D eigenvalue weighted by Gasteiger charge is -2.31. The molecule has 0 saturated carbocycles. The Kier molecular flexibility index (Phi) is 2.51. The number of hydrogen-bond acceptors (Lipinski definition) is 2. The van der Waals surface area contributed by atoms with Gasteiger partial charge in [0.25, 0.3) is 0 Å². The van der Waals surface area contributed by atoms with Crippen molar-refractivity contribution in [1.82, 2.24) is 0 Å². The molecule has 92 valence electrons. The van der Waals surface area contributed by atoms with E-state index in [0.717, 1.165) is 23.6 Å². The summed E-state index contributed by atoms with van der Waals surface area (Å²) < 4.78 is 5.93. The molecule has 0 aromatic heterocycles. The van der Waals surface area contributed by atoms with Gasteiger partial charge < -0.3 is 9.64 Å². The van der Waals surface area contributed by atoms with Gasteiger partial charge in [-0.15, -0.1) is 0 Å². The van der Waals surface area contributed by atoms with Crippen LogP contribution in [0.1, 0.15) is 20.3 Å². The predicted octanol–water partition coefficient (Wildman–Crippen LogP) is 4.23. The van der Waals surface area contributed by atoms with Crippen molar-refractivity contribution in [1.29, 1.82) is 0 Å². The molecule has 2 nitrogen and oxygen atoms in total. The largest absolute Gasteiger partial charge is 0.458 e. The Morgan fingerprint density at radius 2 is 2.17 bits per heavy atom. The molecule has 3 rings (SSSR count). The zero-order chi connectivity index (χ0) is 12.7. The van der Waals surface area contributed by atoms with Gasteiger partial charge in [0.05, 0.1) is 11.4 Å². The number of anilines is 1. The minimum atomic E-state index is 0.490. The Morgan fingerprint density at radius 3 is 2.94 bits per heavy atom. The van der Waals surface area contributed by atoms with Crippen molar-refractivity contribution in [2.75, 3.05) is 4.90 Å². The lowest BCUT2D eigenvalue weighted by Crippen LogP contribution is -2.23. The first-order valence-electron chi connectivity index (χ1n) is 6.31. The first-order valence-corrected chi connectivity index (χ1v) is 6.31. The third-order valence-electron chi connectivity index (χ3n) is 3.55. The van der Waals surface area contributed by atoms with Crippen LogP contribution >= 0.6 is 0 Å². The van der Waals surface area contributed by atoms with Gasteiger partial charge >= 0.3 is 0 Å². The van der Waals surface area contributed by atoms with Crippen LogP contribution in [0.2, 0.25) is 0 Å². The van der Waals surface area contributed by atoms with Crippen molar-refractivity contribution < 1.29 is 4.74 Å². The van der Waals surface area contributed by atoms with Gasteiger partial charge in [-0.05, 0) is 31.6 Å². The van der Waals surface area contributed by atoms with Crippen LogP contribution in [0.5, 0.6) is 5.75 Å². The minimum absolute atomic E-state index is 0.490. The van der Waals surface area contributed by atoms with Gasteiger partial charge in [0.1, 0.15) is 5.76 Å². The topological polar surface area (TPSA) is 12.5 Å². The van der Waals surface area contributed by atoms with Crippen LogP contribution < -0.4 is 9.64 Å². The van der Waals surface area contributed by atoms with Crippen molar-refractivity contribution in [3.63, 3.8) is 0 Å². The number of ether oxygens (including phenoxy) is 1. The third-order valence-corrected chi connectivity index (χ3v) is 3.55. The maximum atomic E-state index is 5.93. The van der Waals surface area contributed by atoms with Gasteiger partial charge in [-0.2, -0.15) is 0 Å². The smallest absolute Gasteiger partial charge is 0.150 e. The maximum absolute atomic E-state index is 5.93. The molecule has 2 heteroatoms. The van der Waals surface area contributed by atoms with E-state index in [1.807, 2.05) is 25.1 Å². The van der Waals surface area contributed by atoms with Crippen LogP contribution in [0.3, 0.4) is 0 Å². The average Bonchev–Trinajstić information content (AvgIpc) is 2.68. The van der Waals surface area contributed by atoms with Gasteiger partial charge in [-0.1, -0.05) is 31.7 Å². The van der Waals surface area contributed by atoms with E-state index in [1.54, 1.807) is 0 Å². The van der Waals surface area contributed by atoms with Crippen LogP contribution in [0.15, 0.2) is 60.1 Å². The Bertz CT molecular complexity index is 568. The second-order valence-electron chi connectivity index (χ2n) is 4.85. The molecular formula is C16H17NO. The number of rotatable bonds is 1. The van der Waals surface area contributed by atoms with E-state index in [2.05, 4.69) is 36.6 Å². The standard InChI is InChI=1S/C16H17NO/c1-4-7-13-10-11(2)16-12(3)18-15-9-6-5-8-14(15)17(13)16/h4-9,11H,1,10H2,2-3H3/b13-7+. The van der Waals surface area contributed by atoms with E-state index in [9.17, 15) is 0 Å². The van der Waals surface area contributed by atoms with Crippen molar-refractivity contribution >= 4 is 5.69 Å². The Balaban J connectivity index is 2.20. The first-order chi connectivity index (χ1) is 8.72. The third kappa shape index (κ3) is 1.49. The molecule has 2 aliphatic heterocycles. The fourth-order valence-electron chi connectivity index (χ4n) is 2.89. The number of hydrogen-bond donors (Lipinski definition) is 0. The lowest BCUT2D eigenvalue weighted by atomic mass is 10.1.